The maximum Gasteiger partial charge on any atom is 0.137 e. The number of nitrogens with one attached hydrogen (secondary N) is 1. The molecule has 3 unspecified atom stereocenters. The van der Waals surface area contributed by atoms with Crippen LogP contribution in [0.5, 0.6) is 5.75 Å². The van der Waals surface area contributed by atoms with E-state index < -0.39 is 0 Å². The van der Waals surface area contributed by atoms with Crippen LogP contribution in [0.15, 0.2) is 18.3 Å². The fraction of sp³-hybridized carbons (Fsp3) is 0.706. The highest BCUT2D eigenvalue weighted by Gasteiger charge is 2.39. The predicted octanol–water partition coefficient (Wildman–Crippen LogP) is 3.39. The minimum atomic E-state index is 0.491. The lowest BCUT2D eigenvalue weighted by Crippen LogP contribution is -2.22. The van der Waals surface area contributed by atoms with Crippen molar-refractivity contribution in [2.75, 3.05) is 6.61 Å². The van der Waals surface area contributed by atoms with Crippen LogP contribution < -0.4 is 10.1 Å². The van der Waals surface area contributed by atoms with Gasteiger partial charge in [0.2, 0.25) is 0 Å². The minimum absolute atomic E-state index is 0.491. The van der Waals surface area contributed by atoms with Crippen LogP contribution in [0.2, 0.25) is 0 Å². The third kappa shape index (κ3) is 3.32. The zero-order valence-corrected chi connectivity index (χ0v) is 12.6. The highest BCUT2D eigenvalue weighted by molar-refractivity contribution is 5.20. The van der Waals surface area contributed by atoms with Crippen molar-refractivity contribution >= 4 is 0 Å². The summed E-state index contributed by atoms with van der Waals surface area (Å²) in [7, 11) is 0. The van der Waals surface area contributed by atoms with E-state index in [0.29, 0.717) is 6.04 Å². The van der Waals surface area contributed by atoms with E-state index in [1.54, 1.807) is 0 Å². The summed E-state index contributed by atoms with van der Waals surface area (Å²) in [6.45, 7) is 6.00. The number of ether oxygens (including phenoxy) is 1. The molecule has 1 N–H and O–H groups in total. The van der Waals surface area contributed by atoms with E-state index in [9.17, 15) is 0 Å². The Morgan fingerprint density at radius 2 is 2.20 bits per heavy atom. The summed E-state index contributed by atoms with van der Waals surface area (Å²) in [5.74, 6) is 3.63. The Morgan fingerprint density at radius 1 is 1.30 bits per heavy atom. The SMILES string of the molecule is CC(C)NCc1ccc(OCC2CC3CCC2C3)cn1. The number of aromatic nitrogens is 1. The van der Waals surface area contributed by atoms with Gasteiger partial charge in [0.1, 0.15) is 5.75 Å². The number of fused-ring (bicyclic) bond motifs is 2. The summed E-state index contributed by atoms with van der Waals surface area (Å²) in [4.78, 5) is 4.46. The first-order chi connectivity index (χ1) is 9.70. The topological polar surface area (TPSA) is 34.1 Å². The highest BCUT2D eigenvalue weighted by atomic mass is 16.5. The molecule has 3 heteroatoms. The molecular formula is C17H26N2O. The molecule has 2 saturated carbocycles. The average Bonchev–Trinajstić information content (AvgIpc) is 3.06. The lowest BCUT2D eigenvalue weighted by Gasteiger charge is -2.21. The number of pyridine rings is 1. The number of rotatable bonds is 6. The van der Waals surface area contributed by atoms with E-state index in [4.69, 9.17) is 4.74 Å². The molecule has 1 aromatic heterocycles. The molecule has 0 aromatic carbocycles. The molecule has 2 fully saturated rings. The Balaban J connectivity index is 1.46. The second-order valence-corrected chi connectivity index (χ2v) is 6.77. The van der Waals surface area contributed by atoms with Gasteiger partial charge in [0, 0.05) is 12.6 Å². The van der Waals surface area contributed by atoms with Crippen molar-refractivity contribution in [2.45, 2.75) is 52.1 Å². The molecule has 3 rings (SSSR count). The Kier molecular flexibility index (Phi) is 4.25. The van der Waals surface area contributed by atoms with Gasteiger partial charge in [0.15, 0.2) is 0 Å². The van der Waals surface area contributed by atoms with Gasteiger partial charge in [-0.05, 0) is 49.1 Å². The standard InChI is InChI=1S/C17H26N2O/c1-12(2)18-9-16-5-6-17(10-19-16)20-11-15-8-13-3-4-14(15)7-13/h5-6,10,12-15,18H,3-4,7-9,11H2,1-2H3. The molecule has 0 spiro atoms. The largest absolute Gasteiger partial charge is 0.492 e. The number of hydrogen-bond acceptors (Lipinski definition) is 3. The normalized spacial score (nSPS) is 28.2. The van der Waals surface area contributed by atoms with Crippen LogP contribution in [0.1, 0.15) is 45.2 Å². The van der Waals surface area contributed by atoms with Crippen LogP contribution >= 0.6 is 0 Å². The minimum Gasteiger partial charge on any atom is -0.492 e. The molecule has 0 amide bonds. The zero-order valence-electron chi connectivity index (χ0n) is 12.6. The third-order valence-corrected chi connectivity index (χ3v) is 4.84. The number of hydrogen-bond donors (Lipinski definition) is 1. The predicted molar refractivity (Wildman–Crippen MR) is 80.6 cm³/mol. The molecule has 0 aliphatic heterocycles. The Labute approximate surface area is 122 Å². The molecule has 3 atom stereocenters. The van der Waals surface area contributed by atoms with Crippen LogP contribution in [-0.4, -0.2) is 17.6 Å². The molecule has 2 aliphatic rings. The molecule has 3 nitrogen and oxygen atoms in total. The number of nitrogens with zero attached hydrogens (tertiary/aromatic N) is 1. The second kappa shape index (κ2) is 6.13. The Bertz CT molecular complexity index is 429. The molecule has 110 valence electrons. The Hall–Kier alpha value is -1.09. The Morgan fingerprint density at radius 3 is 2.80 bits per heavy atom. The van der Waals surface area contributed by atoms with Gasteiger partial charge in [0.25, 0.3) is 0 Å². The van der Waals surface area contributed by atoms with Gasteiger partial charge in [0.05, 0.1) is 18.5 Å². The van der Waals surface area contributed by atoms with E-state index >= 15 is 0 Å². The van der Waals surface area contributed by atoms with Gasteiger partial charge >= 0.3 is 0 Å². The maximum atomic E-state index is 5.94. The van der Waals surface area contributed by atoms with Gasteiger partial charge in [-0.15, -0.1) is 0 Å². The lowest BCUT2D eigenvalue weighted by atomic mass is 9.90. The first kappa shape index (κ1) is 13.9. The fourth-order valence-electron chi connectivity index (χ4n) is 3.69. The van der Waals surface area contributed by atoms with Crippen molar-refractivity contribution in [2.24, 2.45) is 17.8 Å². The first-order valence-corrected chi connectivity index (χ1v) is 8.02. The highest BCUT2D eigenvalue weighted by Crippen LogP contribution is 2.48. The molecule has 2 aliphatic carbocycles. The molecular weight excluding hydrogens is 248 g/mol. The van der Waals surface area contributed by atoms with E-state index in [1.165, 1.54) is 25.7 Å². The van der Waals surface area contributed by atoms with E-state index in [2.05, 4.69) is 36.3 Å². The summed E-state index contributed by atoms with van der Waals surface area (Å²) < 4.78 is 5.94. The summed E-state index contributed by atoms with van der Waals surface area (Å²) in [5, 5.41) is 3.37. The zero-order chi connectivity index (χ0) is 13.9. The van der Waals surface area contributed by atoms with Crippen molar-refractivity contribution in [3.8, 4) is 5.75 Å². The summed E-state index contributed by atoms with van der Waals surface area (Å²) in [6, 6.07) is 4.61. The van der Waals surface area contributed by atoms with Crippen LogP contribution in [0.25, 0.3) is 0 Å². The maximum absolute atomic E-state index is 5.94. The molecule has 2 bridgehead atoms. The van der Waals surface area contributed by atoms with Gasteiger partial charge in [-0.1, -0.05) is 20.3 Å². The molecule has 1 aromatic rings. The van der Waals surface area contributed by atoms with E-state index in [0.717, 1.165) is 42.3 Å². The second-order valence-electron chi connectivity index (χ2n) is 6.77. The third-order valence-electron chi connectivity index (χ3n) is 4.84. The van der Waals surface area contributed by atoms with E-state index in [1.807, 2.05) is 6.20 Å². The van der Waals surface area contributed by atoms with Crippen molar-refractivity contribution in [3.05, 3.63) is 24.0 Å². The van der Waals surface area contributed by atoms with E-state index in [-0.39, 0.29) is 0 Å². The molecule has 0 saturated heterocycles. The summed E-state index contributed by atoms with van der Waals surface area (Å²) in [5.41, 5.74) is 1.07. The molecule has 20 heavy (non-hydrogen) atoms. The van der Waals surface area contributed by atoms with Crippen molar-refractivity contribution in [1.29, 1.82) is 0 Å². The van der Waals surface area contributed by atoms with Crippen molar-refractivity contribution < 1.29 is 4.74 Å². The van der Waals surface area contributed by atoms with Crippen LogP contribution in [0, 0.1) is 17.8 Å². The average molecular weight is 274 g/mol. The summed E-state index contributed by atoms with van der Waals surface area (Å²) in [6.07, 6.45) is 7.59. The lowest BCUT2D eigenvalue weighted by molar-refractivity contribution is 0.194. The van der Waals surface area contributed by atoms with Crippen molar-refractivity contribution in [3.63, 3.8) is 0 Å². The van der Waals surface area contributed by atoms with Crippen molar-refractivity contribution in [1.82, 2.24) is 10.3 Å². The molecule has 1 heterocycles. The fourth-order valence-corrected chi connectivity index (χ4v) is 3.69. The van der Waals surface area contributed by atoms with Gasteiger partial charge < -0.3 is 10.1 Å². The van der Waals surface area contributed by atoms with Crippen LogP contribution in [0.4, 0.5) is 0 Å². The van der Waals surface area contributed by atoms with Gasteiger partial charge in [-0.2, -0.15) is 0 Å². The molecule has 0 radical (unpaired) electrons. The van der Waals surface area contributed by atoms with Gasteiger partial charge in [-0.25, -0.2) is 0 Å². The van der Waals surface area contributed by atoms with Crippen LogP contribution in [0.3, 0.4) is 0 Å². The summed E-state index contributed by atoms with van der Waals surface area (Å²) >= 11 is 0. The first-order valence-electron chi connectivity index (χ1n) is 8.02. The van der Waals surface area contributed by atoms with Crippen LogP contribution in [-0.2, 0) is 6.54 Å². The monoisotopic (exact) mass is 274 g/mol. The quantitative estimate of drug-likeness (QED) is 0.863. The smallest absolute Gasteiger partial charge is 0.137 e. The van der Waals surface area contributed by atoms with Gasteiger partial charge in [-0.3, -0.25) is 4.98 Å².